The molecule has 2 heterocycles. The minimum absolute atomic E-state index is 0.0931. The number of rotatable bonds is 5. The van der Waals surface area contributed by atoms with E-state index in [-0.39, 0.29) is 18.4 Å². The lowest BCUT2D eigenvalue weighted by molar-refractivity contribution is -0.116. The van der Waals surface area contributed by atoms with Gasteiger partial charge in [-0.3, -0.25) is 9.59 Å². The first-order valence-electron chi connectivity index (χ1n) is 7.85. The molecule has 27 heavy (non-hydrogen) atoms. The molecule has 0 saturated carbocycles. The molecule has 0 aliphatic carbocycles. The molecule has 2 aromatic heterocycles. The summed E-state index contributed by atoms with van der Waals surface area (Å²) >= 11 is 14.7. The molecule has 5 nitrogen and oxygen atoms in total. The van der Waals surface area contributed by atoms with E-state index in [1.165, 1.54) is 16.2 Å². The Balaban J connectivity index is 1.66. The first kappa shape index (κ1) is 19.8. The van der Waals surface area contributed by atoms with Crippen LogP contribution >= 0.6 is 45.9 Å². The number of thiazole rings is 1. The zero-order chi connectivity index (χ0) is 19.6. The van der Waals surface area contributed by atoms with Gasteiger partial charge in [0.05, 0.1) is 22.3 Å². The topological polar surface area (TPSA) is 62.3 Å². The van der Waals surface area contributed by atoms with E-state index in [1.807, 2.05) is 16.8 Å². The van der Waals surface area contributed by atoms with Crippen LogP contribution < -0.4 is 5.32 Å². The van der Waals surface area contributed by atoms with Gasteiger partial charge in [0, 0.05) is 23.7 Å². The van der Waals surface area contributed by atoms with Crippen LogP contribution in [0.5, 0.6) is 0 Å². The summed E-state index contributed by atoms with van der Waals surface area (Å²) in [7, 11) is 1.58. The van der Waals surface area contributed by atoms with Crippen LogP contribution in [0, 0.1) is 6.92 Å². The normalized spacial score (nSPS) is 10.7. The number of carbonyl (C=O) groups excluding carboxylic acids is 2. The van der Waals surface area contributed by atoms with Gasteiger partial charge in [0.2, 0.25) is 5.91 Å². The Morgan fingerprint density at radius 1 is 1.22 bits per heavy atom. The maximum absolute atomic E-state index is 12.7. The van der Waals surface area contributed by atoms with Gasteiger partial charge < -0.3 is 10.2 Å². The summed E-state index contributed by atoms with van der Waals surface area (Å²) < 4.78 is 0. The van der Waals surface area contributed by atoms with E-state index >= 15 is 0 Å². The number of amides is 2. The zero-order valence-electron chi connectivity index (χ0n) is 14.5. The number of aryl methyl sites for hydroxylation is 1. The highest BCUT2D eigenvalue weighted by atomic mass is 35.5. The number of likely N-dealkylation sites (N-methyl/N-ethyl adjacent to an activating group) is 1. The fourth-order valence-corrected chi connectivity index (χ4v) is 4.41. The van der Waals surface area contributed by atoms with Crippen molar-refractivity contribution in [1.82, 2.24) is 9.88 Å². The standard InChI is InChI=1S/C18H15Cl2N3O2S2/c1-10-16(27-17(21-10)11-5-6-26-9-11)18(25)23(2)8-15(24)22-12-3-4-13(19)14(20)7-12/h3-7,9H,8H2,1-2H3,(H,22,24). The monoisotopic (exact) mass is 439 g/mol. The van der Waals surface area contributed by atoms with Crippen LogP contribution in [0.4, 0.5) is 5.69 Å². The molecule has 2 amide bonds. The quantitative estimate of drug-likeness (QED) is 0.594. The largest absolute Gasteiger partial charge is 0.332 e. The molecule has 0 saturated heterocycles. The van der Waals surface area contributed by atoms with Crippen LogP contribution in [-0.2, 0) is 4.79 Å². The second-order valence-electron chi connectivity index (χ2n) is 5.78. The van der Waals surface area contributed by atoms with Crippen LogP contribution in [0.2, 0.25) is 10.0 Å². The van der Waals surface area contributed by atoms with E-state index < -0.39 is 0 Å². The van der Waals surface area contributed by atoms with Crippen molar-refractivity contribution < 1.29 is 9.59 Å². The number of hydrogen-bond acceptors (Lipinski definition) is 5. The molecule has 140 valence electrons. The molecule has 0 radical (unpaired) electrons. The fourth-order valence-electron chi connectivity index (χ4n) is 2.34. The Bertz CT molecular complexity index is 987. The third-order valence-electron chi connectivity index (χ3n) is 3.69. The van der Waals surface area contributed by atoms with Crippen molar-refractivity contribution in [2.24, 2.45) is 0 Å². The van der Waals surface area contributed by atoms with Crippen molar-refractivity contribution in [1.29, 1.82) is 0 Å². The highest BCUT2D eigenvalue weighted by molar-refractivity contribution is 7.17. The van der Waals surface area contributed by atoms with Crippen molar-refractivity contribution >= 4 is 63.4 Å². The Labute approximate surface area is 174 Å². The Kier molecular flexibility index (Phi) is 6.16. The second-order valence-corrected chi connectivity index (χ2v) is 8.38. The van der Waals surface area contributed by atoms with Gasteiger partial charge in [-0.2, -0.15) is 11.3 Å². The third-order valence-corrected chi connectivity index (χ3v) is 6.31. The predicted molar refractivity (Wildman–Crippen MR) is 112 cm³/mol. The van der Waals surface area contributed by atoms with Crippen LogP contribution in [0.25, 0.3) is 10.6 Å². The van der Waals surface area contributed by atoms with Gasteiger partial charge in [0.1, 0.15) is 9.88 Å². The number of benzene rings is 1. The third kappa shape index (κ3) is 4.68. The minimum atomic E-state index is -0.329. The van der Waals surface area contributed by atoms with Gasteiger partial charge in [-0.1, -0.05) is 23.2 Å². The number of nitrogens with one attached hydrogen (secondary N) is 1. The minimum Gasteiger partial charge on any atom is -0.332 e. The van der Waals surface area contributed by atoms with E-state index in [0.29, 0.717) is 26.3 Å². The van der Waals surface area contributed by atoms with Crippen molar-refractivity contribution in [2.45, 2.75) is 6.92 Å². The summed E-state index contributed by atoms with van der Waals surface area (Å²) in [4.78, 5) is 31.3. The van der Waals surface area contributed by atoms with Gasteiger partial charge in [-0.25, -0.2) is 4.98 Å². The van der Waals surface area contributed by atoms with E-state index in [9.17, 15) is 9.59 Å². The lowest BCUT2D eigenvalue weighted by Crippen LogP contribution is -2.34. The average Bonchev–Trinajstić information content (AvgIpc) is 3.27. The molecular formula is C18H15Cl2N3O2S2. The van der Waals surface area contributed by atoms with Gasteiger partial charge in [0.15, 0.2) is 0 Å². The molecule has 0 aliphatic heterocycles. The Hall–Kier alpha value is -1.93. The fraction of sp³-hybridized carbons (Fsp3) is 0.167. The van der Waals surface area contributed by atoms with Crippen molar-refractivity contribution in [3.8, 4) is 10.6 Å². The maximum Gasteiger partial charge on any atom is 0.266 e. The lowest BCUT2D eigenvalue weighted by atomic mass is 10.3. The van der Waals surface area contributed by atoms with Gasteiger partial charge in [-0.05, 0) is 36.6 Å². The summed E-state index contributed by atoms with van der Waals surface area (Å²) in [5.41, 5.74) is 2.17. The average molecular weight is 440 g/mol. The number of aromatic nitrogens is 1. The number of hydrogen-bond donors (Lipinski definition) is 1. The molecule has 0 bridgehead atoms. The van der Waals surface area contributed by atoms with E-state index in [0.717, 1.165) is 10.6 Å². The van der Waals surface area contributed by atoms with Crippen LogP contribution in [0.1, 0.15) is 15.4 Å². The van der Waals surface area contributed by atoms with E-state index in [2.05, 4.69) is 10.3 Å². The molecule has 0 aliphatic rings. The van der Waals surface area contributed by atoms with Gasteiger partial charge in [-0.15, -0.1) is 11.3 Å². The highest BCUT2D eigenvalue weighted by Crippen LogP contribution is 2.30. The molecule has 1 N–H and O–H groups in total. The van der Waals surface area contributed by atoms with E-state index in [1.54, 1.807) is 43.5 Å². The van der Waals surface area contributed by atoms with Crippen LogP contribution in [0.15, 0.2) is 35.0 Å². The van der Waals surface area contributed by atoms with Crippen LogP contribution in [-0.4, -0.2) is 35.3 Å². The molecule has 9 heteroatoms. The number of anilines is 1. The van der Waals surface area contributed by atoms with Crippen molar-refractivity contribution in [3.05, 3.63) is 55.6 Å². The Morgan fingerprint density at radius 2 is 2.00 bits per heavy atom. The first-order chi connectivity index (χ1) is 12.8. The Morgan fingerprint density at radius 3 is 2.67 bits per heavy atom. The van der Waals surface area contributed by atoms with Crippen LogP contribution in [0.3, 0.4) is 0 Å². The summed E-state index contributed by atoms with van der Waals surface area (Å²) in [5.74, 6) is -0.569. The number of carbonyl (C=O) groups is 2. The molecule has 1 aromatic carbocycles. The van der Waals surface area contributed by atoms with Crippen molar-refractivity contribution in [2.75, 3.05) is 18.9 Å². The molecule has 0 atom stereocenters. The maximum atomic E-state index is 12.7. The summed E-state index contributed by atoms with van der Waals surface area (Å²) in [5, 5.41) is 8.21. The molecule has 0 unspecified atom stereocenters. The molecule has 3 aromatic rings. The second kappa shape index (κ2) is 8.39. The highest BCUT2D eigenvalue weighted by Gasteiger charge is 2.21. The van der Waals surface area contributed by atoms with E-state index in [4.69, 9.17) is 23.2 Å². The molecule has 0 fully saturated rings. The summed E-state index contributed by atoms with van der Waals surface area (Å²) in [6.07, 6.45) is 0. The SMILES string of the molecule is Cc1nc(-c2ccsc2)sc1C(=O)N(C)CC(=O)Nc1ccc(Cl)c(Cl)c1. The summed E-state index contributed by atoms with van der Waals surface area (Å²) in [6, 6.07) is 6.77. The smallest absolute Gasteiger partial charge is 0.266 e. The molecule has 3 rings (SSSR count). The zero-order valence-corrected chi connectivity index (χ0v) is 17.6. The lowest BCUT2D eigenvalue weighted by Gasteiger charge is -2.16. The molecule has 0 spiro atoms. The number of nitrogens with zero attached hydrogens (tertiary/aromatic N) is 2. The first-order valence-corrected chi connectivity index (χ1v) is 10.4. The number of halogens is 2. The van der Waals surface area contributed by atoms with Crippen molar-refractivity contribution in [3.63, 3.8) is 0 Å². The molecular weight excluding hydrogens is 425 g/mol. The number of thiophene rings is 1. The van der Waals surface area contributed by atoms with Gasteiger partial charge >= 0.3 is 0 Å². The summed E-state index contributed by atoms with van der Waals surface area (Å²) in [6.45, 7) is 1.70. The van der Waals surface area contributed by atoms with Gasteiger partial charge in [0.25, 0.3) is 5.91 Å². The predicted octanol–water partition coefficient (Wildman–Crippen LogP) is 5.20.